The Kier molecular flexibility index (Phi) is 25.1. The van der Waals surface area contributed by atoms with E-state index in [4.69, 9.17) is 0 Å². The van der Waals surface area contributed by atoms with Crippen molar-refractivity contribution >= 4 is 0 Å². The first-order chi connectivity index (χ1) is 10.4. The maximum atomic E-state index is 2.38. The van der Waals surface area contributed by atoms with Crippen LogP contribution in [0.4, 0.5) is 0 Å². The highest BCUT2D eigenvalue weighted by Crippen LogP contribution is 2.23. The molecule has 0 aromatic rings. The molecular weight excluding hydrogens is 264 g/mol. The van der Waals surface area contributed by atoms with E-state index in [0.29, 0.717) is 0 Å². The fourth-order valence-corrected chi connectivity index (χ4v) is 2.46. The highest BCUT2D eigenvalue weighted by atomic mass is 14.2. The van der Waals surface area contributed by atoms with Crippen LogP contribution in [-0.2, 0) is 0 Å². The molecular formula is C22H48. The Morgan fingerprint density at radius 1 is 0.727 bits per heavy atom. The van der Waals surface area contributed by atoms with Gasteiger partial charge in [0.2, 0.25) is 0 Å². The molecule has 0 heterocycles. The Bertz CT molecular complexity index is 204. The van der Waals surface area contributed by atoms with Crippen LogP contribution in [0.1, 0.15) is 108 Å². The van der Waals surface area contributed by atoms with Crippen LogP contribution in [0.3, 0.4) is 0 Å². The topological polar surface area (TPSA) is 0 Å². The minimum Gasteiger partial charge on any atom is -0.0914 e. The van der Waals surface area contributed by atoms with E-state index in [0.717, 1.165) is 23.7 Å². The predicted molar refractivity (Wildman–Crippen MR) is 108 cm³/mol. The zero-order valence-corrected chi connectivity index (χ0v) is 17.7. The van der Waals surface area contributed by atoms with E-state index >= 15 is 0 Å². The van der Waals surface area contributed by atoms with Crippen LogP contribution in [0.2, 0.25) is 0 Å². The molecule has 0 spiro atoms. The van der Waals surface area contributed by atoms with Gasteiger partial charge in [0.05, 0.1) is 0 Å². The summed E-state index contributed by atoms with van der Waals surface area (Å²) in [4.78, 5) is 0. The van der Waals surface area contributed by atoms with Crippen molar-refractivity contribution in [3.8, 4) is 0 Å². The molecule has 0 aromatic heterocycles. The molecule has 0 aromatic carbocycles. The van der Waals surface area contributed by atoms with Crippen LogP contribution in [0.25, 0.3) is 0 Å². The molecule has 0 bridgehead atoms. The molecule has 0 amide bonds. The van der Waals surface area contributed by atoms with Gasteiger partial charge in [0.25, 0.3) is 0 Å². The fourth-order valence-electron chi connectivity index (χ4n) is 2.46. The van der Waals surface area contributed by atoms with E-state index in [2.05, 4.69) is 81.4 Å². The number of allylic oxidation sites excluding steroid dienone is 2. The minimum absolute atomic E-state index is 0.750. The van der Waals surface area contributed by atoms with Crippen LogP contribution in [-0.4, -0.2) is 0 Å². The van der Waals surface area contributed by atoms with Crippen molar-refractivity contribution in [1.82, 2.24) is 0 Å². The van der Waals surface area contributed by atoms with Crippen molar-refractivity contribution in [2.24, 2.45) is 23.7 Å². The summed E-state index contributed by atoms with van der Waals surface area (Å²) in [6.07, 6.45) is 12.4. The molecule has 4 atom stereocenters. The Balaban J connectivity index is -0.000000279. The number of hydrogen-bond donors (Lipinski definition) is 0. The first kappa shape index (κ1) is 26.6. The lowest BCUT2D eigenvalue weighted by Gasteiger charge is -2.20. The molecule has 22 heavy (non-hydrogen) atoms. The third kappa shape index (κ3) is 17.8. The molecule has 0 radical (unpaired) electrons. The molecule has 0 heteroatoms. The van der Waals surface area contributed by atoms with Gasteiger partial charge in [-0.15, -0.1) is 0 Å². The molecule has 0 N–H and O–H groups in total. The summed E-state index contributed by atoms with van der Waals surface area (Å²) in [5, 5.41) is 0. The van der Waals surface area contributed by atoms with Crippen LogP contribution in [0.5, 0.6) is 0 Å². The second-order valence-corrected chi connectivity index (χ2v) is 6.82. The second-order valence-electron chi connectivity index (χ2n) is 6.82. The average Bonchev–Trinajstić information content (AvgIpc) is 2.52. The van der Waals surface area contributed by atoms with E-state index < -0.39 is 0 Å². The van der Waals surface area contributed by atoms with Gasteiger partial charge in [-0.3, -0.25) is 0 Å². The zero-order valence-electron chi connectivity index (χ0n) is 17.7. The first-order valence-corrected chi connectivity index (χ1v) is 10.0. The predicted octanol–water partition coefficient (Wildman–Crippen LogP) is 8.52. The molecule has 0 aliphatic carbocycles. The third-order valence-corrected chi connectivity index (χ3v) is 4.67. The summed E-state index contributed by atoms with van der Waals surface area (Å²) in [6, 6.07) is 0. The fraction of sp³-hybridized carbons (Fsp3) is 0.909. The minimum atomic E-state index is 0.750. The Hall–Kier alpha value is -0.260. The molecule has 0 aliphatic rings. The lowest BCUT2D eigenvalue weighted by Crippen LogP contribution is -2.09. The highest BCUT2D eigenvalue weighted by Gasteiger charge is 2.11. The maximum Gasteiger partial charge on any atom is -0.0236 e. The van der Waals surface area contributed by atoms with Gasteiger partial charge in [-0.1, -0.05) is 113 Å². The standard InChI is InChI=1S/C10H22.C9H18.C3H8/c1-5-8-10(7-3)9(4)6-2;1-5-7-9(4)8(3)6-2;1-3-2/h9-10H,5-8H2,1-4H3;5,7-9H,6H2,1-4H3;3H2,1-2H3. The maximum absolute atomic E-state index is 2.38. The van der Waals surface area contributed by atoms with Crippen molar-refractivity contribution in [1.29, 1.82) is 0 Å². The van der Waals surface area contributed by atoms with E-state index in [1.54, 1.807) is 0 Å². The van der Waals surface area contributed by atoms with Gasteiger partial charge in [0.1, 0.15) is 0 Å². The first-order valence-electron chi connectivity index (χ1n) is 10.0. The Morgan fingerprint density at radius 3 is 1.45 bits per heavy atom. The van der Waals surface area contributed by atoms with Crippen LogP contribution in [0.15, 0.2) is 12.2 Å². The van der Waals surface area contributed by atoms with Gasteiger partial charge >= 0.3 is 0 Å². The van der Waals surface area contributed by atoms with Gasteiger partial charge in [-0.25, -0.2) is 0 Å². The van der Waals surface area contributed by atoms with Gasteiger partial charge in [0, 0.05) is 0 Å². The highest BCUT2D eigenvalue weighted by molar-refractivity contribution is 4.85. The smallest absolute Gasteiger partial charge is 0.0236 e. The van der Waals surface area contributed by atoms with Crippen molar-refractivity contribution in [3.05, 3.63) is 12.2 Å². The quantitative estimate of drug-likeness (QED) is 0.394. The lowest BCUT2D eigenvalue weighted by molar-refractivity contribution is 0.315. The summed E-state index contributed by atoms with van der Waals surface area (Å²) in [5.41, 5.74) is 0. The Labute approximate surface area is 144 Å². The third-order valence-electron chi connectivity index (χ3n) is 4.67. The van der Waals surface area contributed by atoms with E-state index in [9.17, 15) is 0 Å². The van der Waals surface area contributed by atoms with E-state index in [-0.39, 0.29) is 0 Å². The van der Waals surface area contributed by atoms with E-state index in [1.165, 1.54) is 38.5 Å². The normalized spacial score (nSPS) is 15.9. The average molecular weight is 313 g/mol. The van der Waals surface area contributed by atoms with Crippen molar-refractivity contribution in [2.45, 2.75) is 108 Å². The SMILES string of the molecule is CC=CC(C)C(C)CC.CCC.CCCC(CC)C(C)CC. The number of hydrogen-bond acceptors (Lipinski definition) is 0. The van der Waals surface area contributed by atoms with Gasteiger partial charge in [0.15, 0.2) is 0 Å². The Morgan fingerprint density at radius 2 is 1.18 bits per heavy atom. The monoisotopic (exact) mass is 312 g/mol. The summed E-state index contributed by atoms with van der Waals surface area (Å²) in [7, 11) is 0. The summed E-state index contributed by atoms with van der Waals surface area (Å²) < 4.78 is 0. The number of rotatable bonds is 8. The van der Waals surface area contributed by atoms with Gasteiger partial charge < -0.3 is 0 Å². The lowest BCUT2D eigenvalue weighted by atomic mass is 9.86. The second kappa shape index (κ2) is 20.7. The van der Waals surface area contributed by atoms with Gasteiger partial charge in [-0.05, 0) is 30.6 Å². The van der Waals surface area contributed by atoms with Gasteiger partial charge in [-0.2, -0.15) is 0 Å². The van der Waals surface area contributed by atoms with Crippen molar-refractivity contribution in [3.63, 3.8) is 0 Å². The molecule has 0 fully saturated rings. The molecule has 0 aliphatic heterocycles. The van der Waals surface area contributed by atoms with Crippen LogP contribution >= 0.6 is 0 Å². The molecule has 0 rings (SSSR count). The molecule has 136 valence electrons. The molecule has 0 saturated carbocycles. The van der Waals surface area contributed by atoms with Crippen LogP contribution < -0.4 is 0 Å². The van der Waals surface area contributed by atoms with Crippen molar-refractivity contribution < 1.29 is 0 Å². The largest absolute Gasteiger partial charge is 0.0914 e. The van der Waals surface area contributed by atoms with Crippen molar-refractivity contribution in [2.75, 3.05) is 0 Å². The van der Waals surface area contributed by atoms with Crippen LogP contribution in [0, 0.1) is 23.7 Å². The zero-order chi connectivity index (χ0) is 18.0. The summed E-state index contributed by atoms with van der Waals surface area (Å²) in [6.45, 7) is 22.4. The molecule has 0 nitrogen and oxygen atoms in total. The molecule has 4 unspecified atom stereocenters. The summed E-state index contributed by atoms with van der Waals surface area (Å²) >= 11 is 0. The summed E-state index contributed by atoms with van der Waals surface area (Å²) in [5.74, 6) is 3.50. The van der Waals surface area contributed by atoms with E-state index in [1.807, 2.05) is 0 Å². The molecule has 0 saturated heterocycles.